The van der Waals surface area contributed by atoms with Gasteiger partial charge in [-0.3, -0.25) is 4.79 Å². The Morgan fingerprint density at radius 1 is 1.35 bits per heavy atom. The first-order valence-electron chi connectivity index (χ1n) is 7.34. The molecule has 1 aromatic rings. The molecule has 0 aromatic heterocycles. The lowest BCUT2D eigenvalue weighted by molar-refractivity contribution is 0.0914. The zero-order valence-corrected chi connectivity index (χ0v) is 12.1. The van der Waals surface area contributed by atoms with Gasteiger partial charge >= 0.3 is 0 Å². The maximum absolute atomic E-state index is 12.2. The number of carbonyl (C=O) groups excluding carboxylic acids is 1. The van der Waals surface area contributed by atoms with Crippen molar-refractivity contribution in [1.82, 2.24) is 5.32 Å². The minimum Gasteiger partial charge on any atom is -0.508 e. The highest BCUT2D eigenvalue weighted by atomic mass is 16.3. The number of phenols is 1. The average Bonchev–Trinajstić information content (AvgIpc) is 2.48. The molecule has 4 heteroatoms. The van der Waals surface area contributed by atoms with Crippen molar-refractivity contribution in [3.8, 4) is 5.75 Å². The molecule has 1 fully saturated rings. The highest BCUT2D eigenvalue weighted by molar-refractivity contribution is 5.94. The fourth-order valence-corrected chi connectivity index (χ4v) is 2.92. The van der Waals surface area contributed by atoms with Gasteiger partial charge in [0.05, 0.1) is 0 Å². The normalized spacial score (nSPS) is 17.7. The van der Waals surface area contributed by atoms with Crippen LogP contribution in [0.15, 0.2) is 18.2 Å². The summed E-state index contributed by atoms with van der Waals surface area (Å²) in [5, 5.41) is 12.5. The highest BCUT2D eigenvalue weighted by Crippen LogP contribution is 2.34. The van der Waals surface area contributed by atoms with Crippen molar-refractivity contribution in [2.75, 3.05) is 13.1 Å². The standard InChI is InChI=1S/C16H24N2O2/c1-12-9-13(5-6-14(12)19)15(20)18-11-16(10-17)7-3-2-4-8-16/h5-6,9,19H,2-4,7-8,10-11,17H2,1H3,(H,18,20). The largest absolute Gasteiger partial charge is 0.508 e. The Kier molecular flexibility index (Phi) is 4.65. The summed E-state index contributed by atoms with van der Waals surface area (Å²) in [5.74, 6) is 0.124. The van der Waals surface area contributed by atoms with Gasteiger partial charge in [0.1, 0.15) is 5.75 Å². The second kappa shape index (κ2) is 6.27. The lowest BCUT2D eigenvalue weighted by Crippen LogP contribution is -2.43. The Hall–Kier alpha value is -1.55. The average molecular weight is 276 g/mol. The summed E-state index contributed by atoms with van der Waals surface area (Å²) in [5.41, 5.74) is 7.29. The Morgan fingerprint density at radius 2 is 2.05 bits per heavy atom. The van der Waals surface area contributed by atoms with Gasteiger partial charge in [0.2, 0.25) is 0 Å². The van der Waals surface area contributed by atoms with Gasteiger partial charge in [-0.25, -0.2) is 0 Å². The van der Waals surface area contributed by atoms with Crippen LogP contribution in [0.5, 0.6) is 5.75 Å². The first-order chi connectivity index (χ1) is 9.56. The van der Waals surface area contributed by atoms with E-state index in [9.17, 15) is 9.90 Å². The minimum atomic E-state index is -0.0912. The molecular weight excluding hydrogens is 252 g/mol. The van der Waals surface area contributed by atoms with Crippen LogP contribution < -0.4 is 11.1 Å². The van der Waals surface area contributed by atoms with E-state index in [-0.39, 0.29) is 17.1 Å². The van der Waals surface area contributed by atoms with Gasteiger partial charge in [-0.2, -0.15) is 0 Å². The van der Waals surface area contributed by atoms with Crippen molar-refractivity contribution < 1.29 is 9.90 Å². The van der Waals surface area contributed by atoms with Crippen molar-refractivity contribution in [3.05, 3.63) is 29.3 Å². The van der Waals surface area contributed by atoms with Gasteiger partial charge in [-0.05, 0) is 55.5 Å². The van der Waals surface area contributed by atoms with E-state index in [1.165, 1.54) is 19.3 Å². The van der Waals surface area contributed by atoms with E-state index in [1.807, 2.05) is 0 Å². The number of carbonyl (C=O) groups is 1. The summed E-state index contributed by atoms with van der Waals surface area (Å²) < 4.78 is 0. The van der Waals surface area contributed by atoms with Crippen LogP contribution in [0.4, 0.5) is 0 Å². The van der Waals surface area contributed by atoms with Gasteiger partial charge < -0.3 is 16.2 Å². The number of rotatable bonds is 4. The van der Waals surface area contributed by atoms with Crippen LogP contribution in [0.25, 0.3) is 0 Å². The number of amides is 1. The van der Waals surface area contributed by atoms with E-state index in [0.717, 1.165) is 12.8 Å². The minimum absolute atomic E-state index is 0.0693. The summed E-state index contributed by atoms with van der Waals surface area (Å²) in [7, 11) is 0. The molecule has 0 saturated heterocycles. The number of hydrogen-bond donors (Lipinski definition) is 3. The van der Waals surface area contributed by atoms with Crippen LogP contribution in [0.2, 0.25) is 0 Å². The second-order valence-electron chi connectivity index (χ2n) is 5.95. The van der Waals surface area contributed by atoms with Gasteiger partial charge in [-0.15, -0.1) is 0 Å². The van der Waals surface area contributed by atoms with Crippen LogP contribution in [-0.4, -0.2) is 24.1 Å². The molecule has 1 saturated carbocycles. The molecule has 0 spiro atoms. The molecule has 4 nitrogen and oxygen atoms in total. The third-order valence-electron chi connectivity index (χ3n) is 4.43. The number of hydrogen-bond acceptors (Lipinski definition) is 3. The lowest BCUT2D eigenvalue weighted by atomic mass is 9.74. The van der Waals surface area contributed by atoms with Gasteiger partial charge in [0.25, 0.3) is 5.91 Å². The summed E-state index contributed by atoms with van der Waals surface area (Å²) in [6, 6.07) is 4.91. The molecule has 1 aromatic carbocycles. The molecule has 1 aliphatic carbocycles. The number of nitrogens with two attached hydrogens (primary N) is 1. The molecule has 20 heavy (non-hydrogen) atoms. The Balaban J connectivity index is 1.98. The molecule has 110 valence electrons. The fraction of sp³-hybridized carbons (Fsp3) is 0.562. The van der Waals surface area contributed by atoms with Gasteiger partial charge in [0.15, 0.2) is 0 Å². The molecule has 0 unspecified atom stereocenters. The maximum atomic E-state index is 12.2. The van der Waals surface area contributed by atoms with Gasteiger partial charge in [-0.1, -0.05) is 19.3 Å². The highest BCUT2D eigenvalue weighted by Gasteiger charge is 2.31. The summed E-state index contributed by atoms with van der Waals surface area (Å²) in [4.78, 5) is 12.2. The van der Waals surface area contributed by atoms with E-state index in [0.29, 0.717) is 24.2 Å². The Morgan fingerprint density at radius 3 is 2.65 bits per heavy atom. The topological polar surface area (TPSA) is 75.4 Å². The van der Waals surface area contributed by atoms with E-state index in [1.54, 1.807) is 25.1 Å². The molecule has 1 aliphatic rings. The Labute approximate surface area is 120 Å². The first kappa shape index (κ1) is 14.9. The predicted molar refractivity (Wildman–Crippen MR) is 79.7 cm³/mol. The molecule has 1 amide bonds. The fourth-order valence-electron chi connectivity index (χ4n) is 2.92. The first-order valence-corrected chi connectivity index (χ1v) is 7.34. The summed E-state index contributed by atoms with van der Waals surface area (Å²) in [6.07, 6.45) is 5.86. The van der Waals surface area contributed by atoms with Crippen molar-refractivity contribution in [1.29, 1.82) is 0 Å². The van der Waals surface area contributed by atoms with Crippen LogP contribution in [0.3, 0.4) is 0 Å². The zero-order valence-electron chi connectivity index (χ0n) is 12.1. The Bertz CT molecular complexity index is 479. The molecule has 0 atom stereocenters. The monoisotopic (exact) mass is 276 g/mol. The van der Waals surface area contributed by atoms with Crippen LogP contribution >= 0.6 is 0 Å². The van der Waals surface area contributed by atoms with E-state index < -0.39 is 0 Å². The third kappa shape index (κ3) is 3.31. The van der Waals surface area contributed by atoms with Crippen molar-refractivity contribution >= 4 is 5.91 Å². The lowest BCUT2D eigenvalue weighted by Gasteiger charge is -2.36. The smallest absolute Gasteiger partial charge is 0.251 e. The van der Waals surface area contributed by atoms with Crippen molar-refractivity contribution in [2.24, 2.45) is 11.1 Å². The van der Waals surface area contributed by atoms with E-state index >= 15 is 0 Å². The molecule has 0 aliphatic heterocycles. The third-order valence-corrected chi connectivity index (χ3v) is 4.43. The molecule has 2 rings (SSSR count). The number of aromatic hydroxyl groups is 1. The van der Waals surface area contributed by atoms with E-state index in [4.69, 9.17) is 5.73 Å². The predicted octanol–water partition coefficient (Wildman–Crippen LogP) is 2.34. The summed E-state index contributed by atoms with van der Waals surface area (Å²) >= 11 is 0. The molecular formula is C16H24N2O2. The summed E-state index contributed by atoms with van der Waals surface area (Å²) in [6.45, 7) is 3.05. The quantitative estimate of drug-likeness (QED) is 0.790. The van der Waals surface area contributed by atoms with Crippen molar-refractivity contribution in [3.63, 3.8) is 0 Å². The number of aryl methyl sites for hydroxylation is 1. The number of nitrogens with one attached hydrogen (secondary N) is 1. The number of phenolic OH excluding ortho intramolecular Hbond substituents is 1. The second-order valence-corrected chi connectivity index (χ2v) is 5.95. The van der Waals surface area contributed by atoms with Gasteiger partial charge in [0, 0.05) is 12.1 Å². The molecule has 0 heterocycles. The maximum Gasteiger partial charge on any atom is 0.251 e. The van der Waals surface area contributed by atoms with E-state index in [2.05, 4.69) is 5.32 Å². The number of benzene rings is 1. The van der Waals surface area contributed by atoms with Crippen LogP contribution in [0.1, 0.15) is 48.0 Å². The van der Waals surface area contributed by atoms with Crippen LogP contribution in [0, 0.1) is 12.3 Å². The van der Waals surface area contributed by atoms with Crippen molar-refractivity contribution in [2.45, 2.75) is 39.0 Å². The zero-order chi connectivity index (χ0) is 14.6. The van der Waals surface area contributed by atoms with Crippen LogP contribution in [-0.2, 0) is 0 Å². The molecule has 0 radical (unpaired) electrons. The SMILES string of the molecule is Cc1cc(C(=O)NCC2(CN)CCCCC2)ccc1O. The molecule has 0 bridgehead atoms. The molecule has 4 N–H and O–H groups in total.